The molecule has 0 aliphatic heterocycles. The number of hydrogen-bond donors (Lipinski definition) is 0. The second-order valence-electron chi connectivity index (χ2n) is 3.39. The highest BCUT2D eigenvalue weighted by molar-refractivity contribution is 5.98. The van der Waals surface area contributed by atoms with Crippen molar-refractivity contribution in [3.05, 3.63) is 0 Å². The Morgan fingerprint density at radius 1 is 1.50 bits per heavy atom. The van der Waals surface area contributed by atoms with Gasteiger partial charge in [0, 0.05) is 18.4 Å². The molecular weight excluding hydrogens is 167 g/mol. The first-order valence-corrected chi connectivity index (χ1v) is 5.15. The molecule has 0 heterocycles. The average Bonchev–Trinajstić information content (AvgIpc) is 2.16. The summed E-state index contributed by atoms with van der Waals surface area (Å²) in [5.74, 6) is 0.531. The van der Waals surface area contributed by atoms with Crippen molar-refractivity contribution < 1.29 is 8.58 Å². The normalized spacial score (nSPS) is 30.2. The zero-order valence-electron chi connectivity index (χ0n) is 7.58. The lowest BCUT2D eigenvalue weighted by molar-refractivity contribution is -0.126. The number of carbonyl (C=O) groups excluding carboxylic acids is 1. The number of carbonyl (C=O) groups is 1. The number of Topliss-reactive ketones (excluding diaryl/α,β-unsaturated/α-hetero) is 1. The highest BCUT2D eigenvalue weighted by Crippen LogP contribution is 2.27. The van der Waals surface area contributed by atoms with Gasteiger partial charge in [-0.25, -0.2) is 0 Å². The maximum Gasteiger partial charge on any atom is 0.138 e. The fourth-order valence-electron chi connectivity index (χ4n) is 1.89. The third-order valence-electron chi connectivity index (χ3n) is 2.64. The van der Waals surface area contributed by atoms with Gasteiger partial charge in [-0.1, -0.05) is 19.8 Å². The molecule has 1 fully saturated rings. The molecule has 1 rings (SSSR count). The van der Waals surface area contributed by atoms with E-state index < -0.39 is 0 Å². The van der Waals surface area contributed by atoms with Gasteiger partial charge >= 0.3 is 0 Å². The van der Waals surface area contributed by atoms with Crippen molar-refractivity contribution in [1.29, 1.82) is 0 Å². The lowest BCUT2D eigenvalue weighted by atomic mass is 9.83. The highest BCUT2D eigenvalue weighted by atomic mass is 27.1. The molecule has 0 N–H and O–H groups in total. The lowest BCUT2D eigenvalue weighted by Crippen LogP contribution is -2.32. The molecule has 0 amide bonds. The highest BCUT2D eigenvalue weighted by Gasteiger charge is 2.26. The minimum atomic E-state index is 0.163. The van der Waals surface area contributed by atoms with Crippen LogP contribution >= 0.6 is 0 Å². The van der Waals surface area contributed by atoms with Crippen molar-refractivity contribution in [3.63, 3.8) is 0 Å². The maximum atomic E-state index is 11.4. The molecule has 3 radical (unpaired) electrons. The van der Waals surface area contributed by atoms with Crippen molar-refractivity contribution in [2.24, 2.45) is 5.92 Å². The van der Waals surface area contributed by atoms with Crippen molar-refractivity contribution in [2.45, 2.75) is 45.1 Å². The molecule has 1 aliphatic rings. The predicted molar refractivity (Wildman–Crippen MR) is 47.9 cm³/mol. The Bertz CT molecular complexity index is 159. The summed E-state index contributed by atoms with van der Waals surface area (Å²) in [5, 5.41) is 0. The van der Waals surface area contributed by atoms with Crippen LogP contribution in [-0.4, -0.2) is 28.5 Å². The van der Waals surface area contributed by atoms with E-state index in [0.717, 1.165) is 12.8 Å². The molecule has 0 saturated heterocycles. The van der Waals surface area contributed by atoms with Gasteiger partial charge in [0.25, 0.3) is 0 Å². The van der Waals surface area contributed by atoms with E-state index in [9.17, 15) is 4.79 Å². The van der Waals surface area contributed by atoms with Crippen LogP contribution in [0.5, 0.6) is 0 Å². The molecule has 1 aliphatic carbocycles. The number of rotatable bonds is 3. The quantitative estimate of drug-likeness (QED) is 0.620. The van der Waals surface area contributed by atoms with Gasteiger partial charge in [0.15, 0.2) is 0 Å². The zero-order valence-corrected chi connectivity index (χ0v) is 8.74. The molecule has 3 heteroatoms. The van der Waals surface area contributed by atoms with E-state index in [4.69, 9.17) is 3.79 Å². The van der Waals surface area contributed by atoms with Crippen LogP contribution in [0, 0.1) is 5.92 Å². The molecule has 0 aromatic rings. The summed E-state index contributed by atoms with van der Waals surface area (Å²) >= 11 is 2.28. The third kappa shape index (κ3) is 2.32. The first-order valence-electron chi connectivity index (χ1n) is 4.67. The van der Waals surface area contributed by atoms with Gasteiger partial charge in [-0.2, -0.15) is 0 Å². The van der Waals surface area contributed by atoms with Crippen LogP contribution in [0.15, 0.2) is 0 Å². The number of hydrogen-bond acceptors (Lipinski definition) is 2. The summed E-state index contributed by atoms with van der Waals surface area (Å²) in [5.41, 5.74) is 0. The van der Waals surface area contributed by atoms with Gasteiger partial charge < -0.3 is 20.4 Å². The van der Waals surface area contributed by atoms with Crippen LogP contribution in [0.4, 0.5) is 0 Å². The van der Waals surface area contributed by atoms with Crippen LogP contribution in [0.1, 0.15) is 39.0 Å². The van der Waals surface area contributed by atoms with E-state index in [2.05, 4.69) is 16.6 Å². The van der Waals surface area contributed by atoms with E-state index in [1.807, 2.05) is 6.92 Å². The van der Waals surface area contributed by atoms with Crippen molar-refractivity contribution in [3.8, 4) is 0 Å². The van der Waals surface area contributed by atoms with Gasteiger partial charge in [-0.05, 0) is 12.8 Å². The fraction of sp³-hybridized carbons (Fsp3) is 0.889. The van der Waals surface area contributed by atoms with Gasteiger partial charge in [0.05, 0.1) is 0 Å². The van der Waals surface area contributed by atoms with Crippen LogP contribution in [0.25, 0.3) is 0 Å². The number of ketones is 1. The van der Waals surface area contributed by atoms with Crippen LogP contribution < -0.4 is 0 Å². The molecule has 0 aromatic heterocycles. The molecule has 67 valence electrons. The first-order chi connectivity index (χ1) is 5.79. The molecule has 0 spiro atoms. The van der Waals surface area contributed by atoms with Crippen molar-refractivity contribution >= 4 is 22.4 Å². The fourth-order valence-corrected chi connectivity index (χ4v) is 2.22. The molecule has 1 saturated carbocycles. The molecule has 0 aromatic carbocycles. The van der Waals surface area contributed by atoms with E-state index in [0.29, 0.717) is 12.2 Å². The van der Waals surface area contributed by atoms with Gasteiger partial charge in [-0.3, -0.25) is 4.79 Å². The summed E-state index contributed by atoms with van der Waals surface area (Å²) in [6.45, 7) is 1.93. The Labute approximate surface area is 82.4 Å². The Hall–Kier alpha value is 0.162. The van der Waals surface area contributed by atoms with E-state index in [1.165, 1.54) is 12.8 Å². The van der Waals surface area contributed by atoms with Crippen LogP contribution in [-0.2, 0) is 8.58 Å². The second kappa shape index (κ2) is 5.01. The van der Waals surface area contributed by atoms with E-state index in [-0.39, 0.29) is 12.0 Å². The molecule has 2 atom stereocenters. The average molecular weight is 182 g/mol. The van der Waals surface area contributed by atoms with Crippen LogP contribution in [0.2, 0.25) is 0 Å². The molecule has 2 nitrogen and oxygen atoms in total. The van der Waals surface area contributed by atoms with Crippen molar-refractivity contribution in [2.75, 3.05) is 0 Å². The minimum absolute atomic E-state index is 0.163. The van der Waals surface area contributed by atoms with Gasteiger partial charge in [-0.15, -0.1) is 0 Å². The van der Waals surface area contributed by atoms with Crippen molar-refractivity contribution in [1.82, 2.24) is 0 Å². The summed E-state index contributed by atoms with van der Waals surface area (Å²) in [4.78, 5) is 11.4. The summed E-state index contributed by atoms with van der Waals surface area (Å²) in [6.07, 6.45) is 5.25. The summed E-state index contributed by atoms with van der Waals surface area (Å²) in [7, 11) is 0. The molecule has 0 bridgehead atoms. The lowest BCUT2D eigenvalue weighted by Gasteiger charge is -2.37. The summed E-state index contributed by atoms with van der Waals surface area (Å²) in [6, 6.07) is 0. The van der Waals surface area contributed by atoms with E-state index >= 15 is 0 Å². The largest absolute Gasteiger partial charge is 0.757 e. The zero-order chi connectivity index (χ0) is 8.97. The maximum absolute atomic E-state index is 11.4. The molecule has 12 heavy (non-hydrogen) atoms. The minimum Gasteiger partial charge on any atom is -0.757 e. The topological polar surface area (TPSA) is 26.3 Å². The van der Waals surface area contributed by atoms with E-state index in [1.54, 1.807) is 0 Å². The first kappa shape index (κ1) is 10.2. The monoisotopic (exact) mass is 182 g/mol. The standard InChI is InChI=1S/C9H15O2.Al/c1-2-8(10)7-5-3-4-6-9(7)11;/h7,9H,2-6H2,1H3;/q-1;. The predicted octanol–water partition coefficient (Wildman–Crippen LogP) is 1.62. The van der Waals surface area contributed by atoms with Crippen LogP contribution in [0.3, 0.4) is 0 Å². The molecule has 2 unspecified atom stereocenters. The smallest absolute Gasteiger partial charge is 0.138 e. The Balaban J connectivity index is 2.52. The second-order valence-corrected chi connectivity index (χ2v) is 3.66. The van der Waals surface area contributed by atoms with Gasteiger partial charge in [0.2, 0.25) is 0 Å². The SMILES string of the molecule is CCC(=O)C1CCCCC1[O][Al-]. The molecular formula is C9H15AlO2-. The third-order valence-corrected chi connectivity index (χ3v) is 2.99. The summed E-state index contributed by atoms with van der Waals surface area (Å²) < 4.78 is 5.22. The Morgan fingerprint density at radius 2 is 2.17 bits per heavy atom. The Morgan fingerprint density at radius 3 is 2.75 bits per heavy atom. The van der Waals surface area contributed by atoms with Gasteiger partial charge in [0.1, 0.15) is 5.78 Å². The Kier molecular flexibility index (Phi) is 4.28.